The molecule has 0 aliphatic carbocycles. The minimum absolute atomic E-state index is 0.0279. The van der Waals surface area contributed by atoms with E-state index in [-0.39, 0.29) is 12.1 Å². The topological polar surface area (TPSA) is 60.4 Å². The zero-order chi connectivity index (χ0) is 21.0. The fourth-order valence-corrected chi connectivity index (χ4v) is 4.58. The molecule has 162 valence electrons. The normalized spacial score (nSPS) is 22.4. The van der Waals surface area contributed by atoms with Crippen molar-refractivity contribution in [1.82, 2.24) is 20.1 Å². The lowest BCUT2D eigenvalue weighted by molar-refractivity contribution is -0.135. The van der Waals surface area contributed by atoms with Crippen molar-refractivity contribution in [2.45, 2.75) is 6.17 Å². The Labute approximate surface area is 183 Å². The number of carbonyl (C=O) groups excluding carboxylic acids is 1. The van der Waals surface area contributed by atoms with Crippen molar-refractivity contribution in [3.63, 3.8) is 0 Å². The highest BCUT2D eigenvalue weighted by molar-refractivity contribution is 6.14. The quantitative estimate of drug-likeness (QED) is 0.814. The van der Waals surface area contributed by atoms with Gasteiger partial charge in [0.05, 0.1) is 25.5 Å². The Morgan fingerprint density at radius 2 is 1.65 bits per heavy atom. The first kappa shape index (κ1) is 20.2. The van der Waals surface area contributed by atoms with Crippen LogP contribution in [0.15, 0.2) is 59.7 Å². The van der Waals surface area contributed by atoms with Crippen molar-refractivity contribution in [3.05, 3.63) is 71.3 Å². The van der Waals surface area contributed by atoms with E-state index in [0.29, 0.717) is 6.54 Å². The highest BCUT2D eigenvalue weighted by Crippen LogP contribution is 2.28. The van der Waals surface area contributed by atoms with Crippen LogP contribution in [0.5, 0.6) is 0 Å². The Morgan fingerprint density at radius 1 is 0.935 bits per heavy atom. The molecule has 0 radical (unpaired) electrons. The number of hydrogen-bond donors (Lipinski definition) is 1. The summed E-state index contributed by atoms with van der Waals surface area (Å²) in [7, 11) is 0. The number of piperazine rings is 1. The summed E-state index contributed by atoms with van der Waals surface area (Å²) in [5, 5.41) is 4.76. The largest absolute Gasteiger partial charge is 0.379 e. The number of nitrogens with one attached hydrogen (secondary N) is 1. The maximum atomic E-state index is 12.7. The summed E-state index contributed by atoms with van der Waals surface area (Å²) >= 11 is 0. The Kier molecular flexibility index (Phi) is 5.97. The lowest BCUT2D eigenvalue weighted by Gasteiger charge is -2.41. The number of nitrogens with zero attached hydrogens (tertiary/aromatic N) is 4. The Hall–Kier alpha value is -2.74. The average molecular weight is 420 g/mol. The third-order valence-corrected chi connectivity index (χ3v) is 6.35. The fourth-order valence-electron chi connectivity index (χ4n) is 4.58. The van der Waals surface area contributed by atoms with Gasteiger partial charge >= 0.3 is 0 Å². The molecule has 2 aromatic carbocycles. The van der Waals surface area contributed by atoms with Crippen molar-refractivity contribution in [3.8, 4) is 0 Å². The predicted molar refractivity (Wildman–Crippen MR) is 120 cm³/mol. The molecule has 0 aromatic heterocycles. The van der Waals surface area contributed by atoms with E-state index in [4.69, 9.17) is 9.84 Å². The summed E-state index contributed by atoms with van der Waals surface area (Å²) in [5.74, 6) is 0.225. The van der Waals surface area contributed by atoms with E-state index in [1.165, 1.54) is 11.1 Å². The van der Waals surface area contributed by atoms with Crippen LogP contribution in [0.4, 0.5) is 0 Å². The summed E-state index contributed by atoms with van der Waals surface area (Å²) in [4.78, 5) is 19.3. The molecule has 1 amide bonds. The number of morpholine rings is 1. The van der Waals surface area contributed by atoms with Gasteiger partial charge in [-0.1, -0.05) is 54.6 Å². The van der Waals surface area contributed by atoms with Crippen LogP contribution in [0.2, 0.25) is 0 Å². The number of ether oxygens (including phenoxy) is 1. The Balaban J connectivity index is 1.25. The molecule has 1 atom stereocenters. The molecular formula is C24H29N5O2. The van der Waals surface area contributed by atoms with Gasteiger partial charge in [-0.25, -0.2) is 0 Å². The first-order valence-corrected chi connectivity index (χ1v) is 11.1. The molecule has 1 N–H and O–H groups in total. The van der Waals surface area contributed by atoms with Crippen molar-refractivity contribution < 1.29 is 9.53 Å². The van der Waals surface area contributed by atoms with Crippen molar-refractivity contribution in [2.75, 3.05) is 59.0 Å². The van der Waals surface area contributed by atoms with Crippen LogP contribution >= 0.6 is 0 Å². The van der Waals surface area contributed by atoms with Gasteiger partial charge in [0.2, 0.25) is 5.91 Å². The Morgan fingerprint density at radius 3 is 2.42 bits per heavy atom. The van der Waals surface area contributed by atoms with Crippen LogP contribution in [0.25, 0.3) is 0 Å². The fraction of sp³-hybridized carbons (Fsp3) is 0.417. The number of hydrogen-bond acceptors (Lipinski definition) is 6. The highest BCUT2D eigenvalue weighted by atomic mass is 16.5. The molecule has 7 heteroatoms. The molecule has 3 heterocycles. The van der Waals surface area contributed by atoms with Gasteiger partial charge in [-0.15, -0.1) is 0 Å². The second kappa shape index (κ2) is 9.18. The third kappa shape index (κ3) is 4.35. The molecule has 0 bridgehead atoms. The molecule has 31 heavy (non-hydrogen) atoms. The van der Waals surface area contributed by atoms with Crippen molar-refractivity contribution in [2.24, 2.45) is 5.10 Å². The zero-order valence-electron chi connectivity index (χ0n) is 17.7. The monoisotopic (exact) mass is 419 g/mol. The smallest absolute Gasteiger partial charge is 0.236 e. The standard InChI is InChI=1S/C24H29N5O2/c30-22(18-27-14-16-31-17-15-27)28-10-12-29(13-11-28)24-21-9-5-4-8-20(21)23(25-26-24)19-6-2-1-3-7-19/h1-9,24,26H,10-18H2. The second-order valence-corrected chi connectivity index (χ2v) is 8.25. The van der Waals surface area contributed by atoms with Gasteiger partial charge in [-0.05, 0) is 5.56 Å². The number of amides is 1. The van der Waals surface area contributed by atoms with Crippen LogP contribution < -0.4 is 5.43 Å². The van der Waals surface area contributed by atoms with Gasteiger partial charge in [-0.2, -0.15) is 5.10 Å². The van der Waals surface area contributed by atoms with Gasteiger partial charge in [0.15, 0.2) is 0 Å². The molecule has 2 saturated heterocycles. The van der Waals surface area contributed by atoms with Gasteiger partial charge < -0.3 is 9.64 Å². The lowest BCUT2D eigenvalue weighted by atomic mass is 9.94. The van der Waals surface area contributed by atoms with E-state index in [2.05, 4.69) is 51.6 Å². The summed E-state index contributed by atoms with van der Waals surface area (Å²) < 4.78 is 5.38. The van der Waals surface area contributed by atoms with Crippen LogP contribution in [-0.2, 0) is 9.53 Å². The zero-order valence-corrected chi connectivity index (χ0v) is 17.7. The maximum Gasteiger partial charge on any atom is 0.236 e. The van der Waals surface area contributed by atoms with E-state index in [9.17, 15) is 4.79 Å². The molecule has 2 fully saturated rings. The summed E-state index contributed by atoms with van der Waals surface area (Å²) in [5.41, 5.74) is 7.89. The van der Waals surface area contributed by atoms with E-state index >= 15 is 0 Å². The highest BCUT2D eigenvalue weighted by Gasteiger charge is 2.31. The molecular weight excluding hydrogens is 390 g/mol. The van der Waals surface area contributed by atoms with Crippen molar-refractivity contribution in [1.29, 1.82) is 0 Å². The lowest BCUT2D eigenvalue weighted by Crippen LogP contribution is -2.54. The first-order valence-electron chi connectivity index (χ1n) is 11.1. The molecule has 0 spiro atoms. The van der Waals surface area contributed by atoms with Crippen LogP contribution in [0.1, 0.15) is 22.9 Å². The van der Waals surface area contributed by atoms with E-state index < -0.39 is 0 Å². The van der Waals surface area contributed by atoms with E-state index in [1.807, 2.05) is 23.1 Å². The SMILES string of the molecule is O=C(CN1CCOCC1)N1CCN(C2NN=C(c3ccccc3)c3ccccc32)CC1. The number of rotatable bonds is 4. The van der Waals surface area contributed by atoms with Crippen LogP contribution in [0, 0.1) is 0 Å². The summed E-state index contributed by atoms with van der Waals surface area (Å²) in [6, 6.07) is 18.8. The van der Waals surface area contributed by atoms with E-state index in [0.717, 1.165) is 63.8 Å². The molecule has 5 rings (SSSR count). The first-order chi connectivity index (χ1) is 15.3. The number of carbonyl (C=O) groups is 1. The summed E-state index contributed by atoms with van der Waals surface area (Å²) in [6.45, 7) is 6.79. The van der Waals surface area contributed by atoms with Gasteiger partial charge in [0.1, 0.15) is 6.17 Å². The Bertz CT molecular complexity index is 934. The van der Waals surface area contributed by atoms with Gasteiger partial charge in [0.25, 0.3) is 0 Å². The molecule has 3 aliphatic heterocycles. The van der Waals surface area contributed by atoms with Gasteiger partial charge in [-0.3, -0.25) is 20.0 Å². The maximum absolute atomic E-state index is 12.7. The molecule has 0 saturated carbocycles. The number of hydrazone groups is 1. The third-order valence-electron chi connectivity index (χ3n) is 6.35. The number of fused-ring (bicyclic) bond motifs is 1. The van der Waals surface area contributed by atoms with Crippen molar-refractivity contribution >= 4 is 11.6 Å². The molecule has 3 aliphatic rings. The minimum Gasteiger partial charge on any atom is -0.379 e. The summed E-state index contributed by atoms with van der Waals surface area (Å²) in [6.07, 6.45) is 0.0279. The predicted octanol–water partition coefficient (Wildman–Crippen LogP) is 1.52. The van der Waals surface area contributed by atoms with Crippen LogP contribution in [0.3, 0.4) is 0 Å². The molecule has 1 unspecified atom stereocenters. The molecule has 2 aromatic rings. The van der Waals surface area contributed by atoms with E-state index in [1.54, 1.807) is 0 Å². The average Bonchev–Trinajstić information content (AvgIpc) is 2.85. The van der Waals surface area contributed by atoms with Gasteiger partial charge in [0, 0.05) is 50.4 Å². The minimum atomic E-state index is 0.0279. The molecule has 7 nitrogen and oxygen atoms in total. The number of benzene rings is 2. The van der Waals surface area contributed by atoms with Crippen LogP contribution in [-0.4, -0.2) is 85.3 Å². The second-order valence-electron chi connectivity index (χ2n) is 8.25.